The quantitative estimate of drug-likeness (QED) is 0.639. The lowest BCUT2D eigenvalue weighted by atomic mass is 10.1. The molecule has 106 valence electrons. The summed E-state index contributed by atoms with van der Waals surface area (Å²) in [7, 11) is 0. The van der Waals surface area contributed by atoms with E-state index in [2.05, 4.69) is 5.32 Å². The molecule has 0 aromatic heterocycles. The molecule has 0 saturated heterocycles. The monoisotopic (exact) mass is 257 g/mol. The van der Waals surface area contributed by atoms with Gasteiger partial charge in [-0.3, -0.25) is 9.59 Å². The first kappa shape index (κ1) is 16.9. The Labute approximate surface area is 110 Å². The van der Waals surface area contributed by atoms with Crippen molar-refractivity contribution in [2.75, 3.05) is 26.2 Å². The molecule has 0 aromatic carbocycles. The molecule has 0 spiro atoms. The number of nitrogens with zero attached hydrogens (tertiary/aromatic N) is 1. The summed E-state index contributed by atoms with van der Waals surface area (Å²) < 4.78 is 0. The maximum atomic E-state index is 12.0. The molecule has 0 aliphatic rings. The molecule has 0 radical (unpaired) electrons. The molecule has 0 aliphatic carbocycles. The van der Waals surface area contributed by atoms with Crippen molar-refractivity contribution in [1.82, 2.24) is 10.2 Å². The van der Waals surface area contributed by atoms with Gasteiger partial charge in [0, 0.05) is 19.5 Å². The zero-order chi connectivity index (χ0) is 14.0. The Balaban J connectivity index is 4.27. The predicted octanol–water partition coefficient (Wildman–Crippen LogP) is 0.736. The van der Waals surface area contributed by atoms with Crippen molar-refractivity contribution in [2.45, 2.75) is 40.0 Å². The van der Waals surface area contributed by atoms with E-state index < -0.39 is 0 Å². The number of nitrogens with two attached hydrogens (primary N) is 1. The lowest BCUT2D eigenvalue weighted by molar-refractivity contribution is -0.136. The highest BCUT2D eigenvalue weighted by Gasteiger charge is 2.17. The Morgan fingerprint density at radius 2 is 1.94 bits per heavy atom. The van der Waals surface area contributed by atoms with Crippen molar-refractivity contribution in [1.29, 1.82) is 0 Å². The second-order valence-electron chi connectivity index (χ2n) is 4.71. The fraction of sp³-hybridized carbons (Fsp3) is 0.846. The number of rotatable bonds is 9. The molecule has 0 rings (SSSR count). The predicted molar refractivity (Wildman–Crippen MR) is 73.0 cm³/mol. The van der Waals surface area contributed by atoms with E-state index in [1.807, 2.05) is 20.8 Å². The summed E-state index contributed by atoms with van der Waals surface area (Å²) in [5.41, 5.74) is 5.51. The highest BCUT2D eigenvalue weighted by Crippen LogP contribution is 2.04. The highest BCUT2D eigenvalue weighted by molar-refractivity contribution is 5.84. The minimum Gasteiger partial charge on any atom is -0.355 e. The van der Waals surface area contributed by atoms with Crippen LogP contribution in [0.4, 0.5) is 0 Å². The van der Waals surface area contributed by atoms with Crippen LogP contribution >= 0.6 is 0 Å². The van der Waals surface area contributed by atoms with E-state index in [4.69, 9.17) is 5.73 Å². The molecule has 5 nitrogen and oxygen atoms in total. The Hall–Kier alpha value is -1.10. The Morgan fingerprint density at radius 1 is 1.28 bits per heavy atom. The molecule has 1 unspecified atom stereocenters. The Bertz CT molecular complexity index is 257. The van der Waals surface area contributed by atoms with Gasteiger partial charge in [0.25, 0.3) is 0 Å². The van der Waals surface area contributed by atoms with Gasteiger partial charge in [-0.05, 0) is 25.3 Å². The average Bonchev–Trinajstić information content (AvgIpc) is 2.35. The topological polar surface area (TPSA) is 75.4 Å². The van der Waals surface area contributed by atoms with Crippen LogP contribution in [0.15, 0.2) is 0 Å². The number of nitrogens with one attached hydrogen (secondary N) is 1. The first-order valence-corrected chi connectivity index (χ1v) is 6.79. The number of carbonyl (C=O) groups excluding carboxylic acids is 2. The largest absolute Gasteiger partial charge is 0.355 e. The summed E-state index contributed by atoms with van der Waals surface area (Å²) in [5.74, 6) is 0.0936. The number of amides is 2. The van der Waals surface area contributed by atoms with Crippen LogP contribution in [0.3, 0.4) is 0 Å². The van der Waals surface area contributed by atoms with Crippen LogP contribution < -0.4 is 11.1 Å². The minimum atomic E-state index is -0.0842. The van der Waals surface area contributed by atoms with Crippen LogP contribution in [0.1, 0.15) is 40.0 Å². The summed E-state index contributed by atoms with van der Waals surface area (Å²) in [6, 6.07) is 0. The standard InChI is InChI=1S/C13H27N3O2/c1-4-6-15-12(17)10-16(7-5-2)13(18)8-11(3)9-14/h11H,4-10,14H2,1-3H3,(H,15,17). The van der Waals surface area contributed by atoms with Crippen LogP contribution in [0.25, 0.3) is 0 Å². The Kier molecular flexibility index (Phi) is 9.28. The van der Waals surface area contributed by atoms with Gasteiger partial charge < -0.3 is 16.0 Å². The second-order valence-corrected chi connectivity index (χ2v) is 4.71. The molecule has 1 atom stereocenters. The maximum absolute atomic E-state index is 12.0. The first-order valence-electron chi connectivity index (χ1n) is 6.79. The molecule has 0 fully saturated rings. The zero-order valence-electron chi connectivity index (χ0n) is 11.9. The van der Waals surface area contributed by atoms with Crippen molar-refractivity contribution in [3.8, 4) is 0 Å². The molecule has 18 heavy (non-hydrogen) atoms. The first-order chi connectivity index (χ1) is 8.54. The van der Waals surface area contributed by atoms with E-state index in [1.165, 1.54) is 0 Å². The summed E-state index contributed by atoms with van der Waals surface area (Å²) in [6.07, 6.45) is 2.17. The fourth-order valence-electron chi connectivity index (χ4n) is 1.57. The third kappa shape index (κ3) is 7.27. The highest BCUT2D eigenvalue weighted by atomic mass is 16.2. The molecule has 0 saturated carbocycles. The van der Waals surface area contributed by atoms with Gasteiger partial charge in [0.15, 0.2) is 0 Å². The third-order valence-electron chi connectivity index (χ3n) is 2.68. The summed E-state index contributed by atoms with van der Waals surface area (Å²) >= 11 is 0. The average molecular weight is 257 g/mol. The van der Waals surface area contributed by atoms with Crippen molar-refractivity contribution in [3.05, 3.63) is 0 Å². The van der Waals surface area contributed by atoms with Crippen molar-refractivity contribution in [2.24, 2.45) is 11.7 Å². The molecule has 5 heteroatoms. The van der Waals surface area contributed by atoms with Gasteiger partial charge >= 0.3 is 0 Å². The van der Waals surface area contributed by atoms with E-state index in [1.54, 1.807) is 4.90 Å². The van der Waals surface area contributed by atoms with Gasteiger partial charge in [0.2, 0.25) is 11.8 Å². The molecule has 2 amide bonds. The van der Waals surface area contributed by atoms with Gasteiger partial charge in [0.05, 0.1) is 6.54 Å². The molecular formula is C13H27N3O2. The smallest absolute Gasteiger partial charge is 0.239 e. The lowest BCUT2D eigenvalue weighted by Gasteiger charge is -2.23. The van der Waals surface area contributed by atoms with Crippen LogP contribution in [0.5, 0.6) is 0 Å². The summed E-state index contributed by atoms with van der Waals surface area (Å²) in [5, 5.41) is 2.79. The molecule has 0 aromatic rings. The second kappa shape index (κ2) is 9.88. The fourth-order valence-corrected chi connectivity index (χ4v) is 1.57. The lowest BCUT2D eigenvalue weighted by Crippen LogP contribution is -2.42. The van der Waals surface area contributed by atoms with E-state index in [0.717, 1.165) is 12.8 Å². The molecular weight excluding hydrogens is 230 g/mol. The van der Waals surface area contributed by atoms with E-state index in [-0.39, 0.29) is 24.3 Å². The van der Waals surface area contributed by atoms with Crippen LogP contribution in [-0.4, -0.2) is 42.9 Å². The SMILES string of the molecule is CCCNC(=O)CN(CCC)C(=O)CC(C)CN. The van der Waals surface area contributed by atoms with Gasteiger partial charge in [-0.1, -0.05) is 20.8 Å². The van der Waals surface area contributed by atoms with Gasteiger partial charge in [-0.2, -0.15) is 0 Å². The van der Waals surface area contributed by atoms with Crippen LogP contribution in [0.2, 0.25) is 0 Å². The van der Waals surface area contributed by atoms with Gasteiger partial charge in [-0.25, -0.2) is 0 Å². The normalized spacial score (nSPS) is 12.0. The summed E-state index contributed by atoms with van der Waals surface area (Å²) in [6.45, 7) is 7.87. The van der Waals surface area contributed by atoms with E-state index in [0.29, 0.717) is 26.1 Å². The zero-order valence-corrected chi connectivity index (χ0v) is 11.9. The molecule has 3 N–H and O–H groups in total. The third-order valence-corrected chi connectivity index (χ3v) is 2.68. The van der Waals surface area contributed by atoms with Crippen molar-refractivity contribution in [3.63, 3.8) is 0 Å². The number of hydrogen-bond acceptors (Lipinski definition) is 3. The van der Waals surface area contributed by atoms with Crippen molar-refractivity contribution >= 4 is 11.8 Å². The molecule has 0 heterocycles. The molecule has 0 aliphatic heterocycles. The summed E-state index contributed by atoms with van der Waals surface area (Å²) in [4.78, 5) is 25.2. The Morgan fingerprint density at radius 3 is 2.44 bits per heavy atom. The molecule has 0 bridgehead atoms. The van der Waals surface area contributed by atoms with Crippen LogP contribution in [-0.2, 0) is 9.59 Å². The van der Waals surface area contributed by atoms with Gasteiger partial charge in [-0.15, -0.1) is 0 Å². The van der Waals surface area contributed by atoms with Crippen LogP contribution in [0, 0.1) is 5.92 Å². The minimum absolute atomic E-state index is 0.0152. The number of carbonyl (C=O) groups is 2. The number of hydrogen-bond donors (Lipinski definition) is 2. The van der Waals surface area contributed by atoms with E-state index in [9.17, 15) is 9.59 Å². The van der Waals surface area contributed by atoms with Gasteiger partial charge in [0.1, 0.15) is 0 Å². The maximum Gasteiger partial charge on any atom is 0.239 e. The van der Waals surface area contributed by atoms with Crippen molar-refractivity contribution < 1.29 is 9.59 Å². The van der Waals surface area contributed by atoms with E-state index >= 15 is 0 Å².